The lowest BCUT2D eigenvalue weighted by Gasteiger charge is -2.27. The molecule has 1 unspecified atom stereocenters. The Kier molecular flexibility index (Phi) is 4.31. The minimum Gasteiger partial charge on any atom is -0.395 e. The van der Waals surface area contributed by atoms with Crippen molar-refractivity contribution in [3.63, 3.8) is 0 Å². The molecule has 0 fully saturated rings. The largest absolute Gasteiger partial charge is 0.395 e. The van der Waals surface area contributed by atoms with Gasteiger partial charge in [-0.15, -0.1) is 0 Å². The fourth-order valence-electron chi connectivity index (χ4n) is 1.35. The van der Waals surface area contributed by atoms with Crippen molar-refractivity contribution in [2.24, 2.45) is 0 Å². The number of aliphatic hydroxyl groups excluding tert-OH is 1. The summed E-state index contributed by atoms with van der Waals surface area (Å²) >= 11 is 0. The first-order valence-electron chi connectivity index (χ1n) is 5.44. The van der Waals surface area contributed by atoms with Gasteiger partial charge in [-0.1, -0.05) is 13.0 Å². The maximum Gasteiger partial charge on any atom is 0.243 e. The number of para-hydroxylation sites is 1. The molecule has 4 N–H and O–H groups in total. The van der Waals surface area contributed by atoms with E-state index in [1.54, 1.807) is 13.8 Å². The van der Waals surface area contributed by atoms with Crippen LogP contribution in [0.5, 0.6) is 0 Å². The summed E-state index contributed by atoms with van der Waals surface area (Å²) in [4.78, 5) is -0.323. The van der Waals surface area contributed by atoms with E-state index in [1.807, 2.05) is 0 Å². The molecule has 7 heteroatoms. The molecule has 1 aromatic rings. The molecule has 102 valence electrons. The molecule has 1 aromatic carbocycles. The van der Waals surface area contributed by atoms with Crippen LogP contribution < -0.4 is 10.5 Å². The number of anilines is 1. The first-order valence-corrected chi connectivity index (χ1v) is 6.93. The van der Waals surface area contributed by atoms with Gasteiger partial charge in [-0.3, -0.25) is 0 Å². The molecule has 0 aliphatic heterocycles. The third kappa shape index (κ3) is 2.98. The van der Waals surface area contributed by atoms with Crippen LogP contribution in [0, 0.1) is 5.82 Å². The summed E-state index contributed by atoms with van der Waals surface area (Å²) < 4.78 is 39.7. The molecule has 0 spiro atoms. The van der Waals surface area contributed by atoms with Gasteiger partial charge in [-0.25, -0.2) is 17.5 Å². The van der Waals surface area contributed by atoms with Gasteiger partial charge in [0.1, 0.15) is 10.7 Å². The zero-order valence-corrected chi connectivity index (χ0v) is 11.1. The molecular weight excluding hydrogens is 259 g/mol. The van der Waals surface area contributed by atoms with Crippen LogP contribution in [0.2, 0.25) is 0 Å². The number of nitrogen functional groups attached to an aromatic ring is 1. The molecular formula is C11H17FN2O3S. The first kappa shape index (κ1) is 14.9. The van der Waals surface area contributed by atoms with E-state index in [2.05, 4.69) is 4.72 Å². The third-order valence-electron chi connectivity index (χ3n) is 2.81. The lowest BCUT2D eigenvalue weighted by molar-refractivity contribution is 0.191. The van der Waals surface area contributed by atoms with E-state index in [-0.39, 0.29) is 11.5 Å². The second-order valence-corrected chi connectivity index (χ2v) is 5.98. The Hall–Kier alpha value is -1.18. The second kappa shape index (κ2) is 5.21. The average Bonchev–Trinajstić information content (AvgIpc) is 2.31. The highest BCUT2D eigenvalue weighted by Crippen LogP contribution is 2.23. The van der Waals surface area contributed by atoms with Crippen LogP contribution >= 0.6 is 0 Å². The normalized spacial score (nSPS) is 15.3. The number of benzene rings is 1. The Morgan fingerprint density at radius 3 is 2.61 bits per heavy atom. The zero-order valence-electron chi connectivity index (χ0n) is 10.3. The van der Waals surface area contributed by atoms with E-state index in [9.17, 15) is 17.9 Å². The smallest absolute Gasteiger partial charge is 0.243 e. The van der Waals surface area contributed by atoms with Gasteiger partial charge < -0.3 is 10.8 Å². The lowest BCUT2D eigenvalue weighted by atomic mass is 10.0. The summed E-state index contributed by atoms with van der Waals surface area (Å²) in [5, 5.41) is 9.19. The van der Waals surface area contributed by atoms with E-state index < -0.39 is 27.1 Å². The van der Waals surface area contributed by atoms with Gasteiger partial charge in [-0.05, 0) is 25.5 Å². The van der Waals surface area contributed by atoms with E-state index in [0.717, 1.165) is 6.07 Å². The van der Waals surface area contributed by atoms with Crippen molar-refractivity contribution in [1.29, 1.82) is 0 Å². The Balaban J connectivity index is 3.19. The van der Waals surface area contributed by atoms with Crippen molar-refractivity contribution in [3.05, 3.63) is 24.0 Å². The highest BCUT2D eigenvalue weighted by molar-refractivity contribution is 7.89. The molecule has 0 saturated carbocycles. The fourth-order valence-corrected chi connectivity index (χ4v) is 2.96. The number of nitrogens with two attached hydrogens (primary N) is 1. The molecule has 0 aliphatic carbocycles. The van der Waals surface area contributed by atoms with Gasteiger partial charge >= 0.3 is 0 Å². The molecule has 0 radical (unpaired) electrons. The van der Waals surface area contributed by atoms with Crippen LogP contribution in [-0.4, -0.2) is 25.7 Å². The first-order chi connectivity index (χ1) is 8.25. The quantitative estimate of drug-likeness (QED) is 0.695. The number of halogens is 1. The molecule has 5 nitrogen and oxygen atoms in total. The number of hydrogen-bond donors (Lipinski definition) is 3. The zero-order chi connectivity index (χ0) is 14.0. The summed E-state index contributed by atoms with van der Waals surface area (Å²) in [6, 6.07) is 3.57. The van der Waals surface area contributed by atoms with Gasteiger partial charge in [0.15, 0.2) is 0 Å². The number of nitrogens with one attached hydrogen (secondary N) is 1. The number of hydrogen-bond acceptors (Lipinski definition) is 4. The minimum atomic E-state index is -3.97. The van der Waals surface area contributed by atoms with Crippen LogP contribution in [-0.2, 0) is 10.0 Å². The highest BCUT2D eigenvalue weighted by atomic mass is 32.2. The fraction of sp³-hybridized carbons (Fsp3) is 0.455. The van der Waals surface area contributed by atoms with Crippen molar-refractivity contribution < 1.29 is 17.9 Å². The van der Waals surface area contributed by atoms with Crippen molar-refractivity contribution in [1.82, 2.24) is 4.72 Å². The van der Waals surface area contributed by atoms with Crippen LogP contribution in [0.25, 0.3) is 0 Å². The average molecular weight is 276 g/mol. The van der Waals surface area contributed by atoms with Crippen molar-refractivity contribution in [3.8, 4) is 0 Å². The SMILES string of the molecule is CCC(C)(CO)NS(=O)(=O)c1cccc(F)c1N. The van der Waals surface area contributed by atoms with Gasteiger partial charge in [0.2, 0.25) is 10.0 Å². The molecule has 0 heterocycles. The molecule has 0 saturated heterocycles. The third-order valence-corrected chi connectivity index (χ3v) is 4.51. The molecule has 0 amide bonds. The van der Waals surface area contributed by atoms with Crippen LogP contribution in [0.15, 0.2) is 23.1 Å². The Morgan fingerprint density at radius 1 is 1.50 bits per heavy atom. The lowest BCUT2D eigenvalue weighted by Crippen LogP contribution is -2.48. The second-order valence-electron chi connectivity index (χ2n) is 4.33. The molecule has 0 aliphatic rings. The maximum atomic E-state index is 13.2. The predicted molar refractivity (Wildman–Crippen MR) is 66.9 cm³/mol. The summed E-state index contributed by atoms with van der Waals surface area (Å²) in [5.74, 6) is -0.792. The maximum absolute atomic E-state index is 13.2. The highest BCUT2D eigenvalue weighted by Gasteiger charge is 2.30. The number of aliphatic hydroxyl groups is 1. The number of rotatable bonds is 5. The van der Waals surface area contributed by atoms with Gasteiger partial charge in [-0.2, -0.15) is 0 Å². The van der Waals surface area contributed by atoms with Gasteiger partial charge in [0.25, 0.3) is 0 Å². The molecule has 0 aromatic heterocycles. The summed E-state index contributed by atoms with van der Waals surface area (Å²) in [5.41, 5.74) is 3.98. The Morgan fingerprint density at radius 2 is 2.11 bits per heavy atom. The van der Waals surface area contributed by atoms with Crippen LogP contribution in [0.1, 0.15) is 20.3 Å². The van der Waals surface area contributed by atoms with E-state index in [1.165, 1.54) is 12.1 Å². The van der Waals surface area contributed by atoms with Crippen LogP contribution in [0.3, 0.4) is 0 Å². The summed E-state index contributed by atoms with van der Waals surface area (Å²) in [6.07, 6.45) is 0.387. The van der Waals surface area contributed by atoms with Crippen molar-refractivity contribution in [2.45, 2.75) is 30.7 Å². The predicted octanol–water partition coefficient (Wildman–Crippen LogP) is 0.847. The van der Waals surface area contributed by atoms with Crippen molar-refractivity contribution >= 4 is 15.7 Å². The van der Waals surface area contributed by atoms with E-state index in [4.69, 9.17) is 5.73 Å². The standard InChI is InChI=1S/C11H17FN2O3S/c1-3-11(2,7-15)14-18(16,17)9-6-4-5-8(12)10(9)13/h4-6,14-15H,3,7,13H2,1-2H3. The summed E-state index contributed by atoms with van der Waals surface area (Å²) in [7, 11) is -3.97. The topological polar surface area (TPSA) is 92.4 Å². The Bertz CT molecular complexity index is 527. The summed E-state index contributed by atoms with van der Waals surface area (Å²) in [6.45, 7) is 2.92. The Labute approximate surface area is 106 Å². The van der Waals surface area contributed by atoms with Gasteiger partial charge in [0, 0.05) is 0 Å². The van der Waals surface area contributed by atoms with Crippen molar-refractivity contribution in [2.75, 3.05) is 12.3 Å². The minimum absolute atomic E-state index is 0.323. The van der Waals surface area contributed by atoms with E-state index >= 15 is 0 Å². The molecule has 18 heavy (non-hydrogen) atoms. The van der Waals surface area contributed by atoms with E-state index in [0.29, 0.717) is 6.42 Å². The molecule has 0 bridgehead atoms. The van der Waals surface area contributed by atoms with Gasteiger partial charge in [0.05, 0.1) is 17.8 Å². The molecule has 1 atom stereocenters. The monoisotopic (exact) mass is 276 g/mol. The number of sulfonamides is 1. The molecule has 1 rings (SSSR count). The van der Waals surface area contributed by atoms with Crippen LogP contribution in [0.4, 0.5) is 10.1 Å².